The Morgan fingerprint density at radius 2 is 2.15 bits per heavy atom. The Bertz CT molecular complexity index is 614. The van der Waals surface area contributed by atoms with Gasteiger partial charge in [0.05, 0.1) is 0 Å². The van der Waals surface area contributed by atoms with Gasteiger partial charge in [0.25, 0.3) is 0 Å². The molecule has 0 amide bonds. The first-order chi connectivity index (χ1) is 9.74. The van der Waals surface area contributed by atoms with Gasteiger partial charge in [0.1, 0.15) is 17.4 Å². The van der Waals surface area contributed by atoms with E-state index in [0.717, 1.165) is 31.0 Å². The third-order valence-corrected chi connectivity index (χ3v) is 3.27. The van der Waals surface area contributed by atoms with Crippen LogP contribution in [0.5, 0.6) is 11.6 Å². The van der Waals surface area contributed by atoms with Crippen molar-refractivity contribution >= 4 is 17.4 Å². The van der Waals surface area contributed by atoms with Gasteiger partial charge in [-0.15, -0.1) is 0 Å². The standard InChI is InChI=1S/C15H16ClN3O/c1-2-17-13-9-14(19-15(18-13)10-6-7-10)20-12-5-3-4-11(16)8-12/h3-5,8-10H,2,6-7H2,1H3,(H,17,18,19). The van der Waals surface area contributed by atoms with Gasteiger partial charge in [-0.3, -0.25) is 0 Å². The molecule has 20 heavy (non-hydrogen) atoms. The molecule has 0 aliphatic heterocycles. The van der Waals surface area contributed by atoms with Crippen LogP contribution in [0.2, 0.25) is 5.02 Å². The predicted octanol–water partition coefficient (Wildman–Crippen LogP) is 4.23. The molecule has 1 fully saturated rings. The van der Waals surface area contributed by atoms with Crippen molar-refractivity contribution in [2.75, 3.05) is 11.9 Å². The van der Waals surface area contributed by atoms with Crippen LogP contribution in [0, 0.1) is 0 Å². The lowest BCUT2D eigenvalue weighted by Crippen LogP contribution is -2.04. The van der Waals surface area contributed by atoms with E-state index in [4.69, 9.17) is 16.3 Å². The number of hydrogen-bond donors (Lipinski definition) is 1. The lowest BCUT2D eigenvalue weighted by molar-refractivity contribution is 0.459. The van der Waals surface area contributed by atoms with E-state index in [9.17, 15) is 0 Å². The van der Waals surface area contributed by atoms with Gasteiger partial charge in [-0.1, -0.05) is 17.7 Å². The van der Waals surface area contributed by atoms with E-state index in [1.807, 2.05) is 31.2 Å². The largest absolute Gasteiger partial charge is 0.439 e. The highest BCUT2D eigenvalue weighted by Crippen LogP contribution is 2.39. The zero-order valence-corrected chi connectivity index (χ0v) is 12.0. The minimum atomic E-state index is 0.482. The fourth-order valence-corrected chi connectivity index (χ4v) is 2.12. The van der Waals surface area contributed by atoms with Gasteiger partial charge in [0.15, 0.2) is 0 Å². The van der Waals surface area contributed by atoms with Gasteiger partial charge < -0.3 is 10.1 Å². The zero-order valence-electron chi connectivity index (χ0n) is 11.3. The van der Waals surface area contributed by atoms with Gasteiger partial charge in [0.2, 0.25) is 5.88 Å². The molecule has 0 spiro atoms. The summed E-state index contributed by atoms with van der Waals surface area (Å²) in [7, 11) is 0. The normalized spacial score (nSPS) is 14.1. The van der Waals surface area contributed by atoms with Crippen molar-refractivity contribution in [3.8, 4) is 11.6 Å². The van der Waals surface area contributed by atoms with Gasteiger partial charge in [0, 0.05) is 23.6 Å². The fourth-order valence-electron chi connectivity index (χ4n) is 1.94. The minimum absolute atomic E-state index is 0.482. The third kappa shape index (κ3) is 3.20. The molecule has 3 rings (SSSR count). The lowest BCUT2D eigenvalue weighted by Gasteiger charge is -2.09. The molecule has 5 heteroatoms. The Morgan fingerprint density at radius 3 is 2.85 bits per heavy atom. The van der Waals surface area contributed by atoms with E-state index >= 15 is 0 Å². The van der Waals surface area contributed by atoms with Crippen molar-refractivity contribution in [3.63, 3.8) is 0 Å². The highest BCUT2D eigenvalue weighted by Gasteiger charge is 2.27. The van der Waals surface area contributed by atoms with Gasteiger partial charge >= 0.3 is 0 Å². The number of rotatable bonds is 5. The van der Waals surface area contributed by atoms with Crippen LogP contribution in [0.3, 0.4) is 0 Å². The maximum atomic E-state index is 5.96. The lowest BCUT2D eigenvalue weighted by atomic mass is 10.3. The minimum Gasteiger partial charge on any atom is -0.439 e. The maximum absolute atomic E-state index is 5.96. The molecule has 0 atom stereocenters. The molecule has 2 aromatic rings. The van der Waals surface area contributed by atoms with Crippen LogP contribution in [-0.4, -0.2) is 16.5 Å². The number of aromatic nitrogens is 2. The molecule has 0 saturated heterocycles. The van der Waals surface area contributed by atoms with Crippen LogP contribution in [0.15, 0.2) is 30.3 Å². The van der Waals surface area contributed by atoms with E-state index in [1.165, 1.54) is 0 Å². The summed E-state index contributed by atoms with van der Waals surface area (Å²) < 4.78 is 5.79. The topological polar surface area (TPSA) is 47.0 Å². The smallest absolute Gasteiger partial charge is 0.224 e. The summed E-state index contributed by atoms with van der Waals surface area (Å²) in [6.07, 6.45) is 2.32. The molecular formula is C15H16ClN3O. The second kappa shape index (κ2) is 5.67. The number of anilines is 1. The van der Waals surface area contributed by atoms with Crippen LogP contribution in [-0.2, 0) is 0 Å². The second-order valence-electron chi connectivity index (χ2n) is 4.81. The molecule has 104 valence electrons. The monoisotopic (exact) mass is 289 g/mol. The van der Waals surface area contributed by atoms with E-state index in [1.54, 1.807) is 6.07 Å². The molecule has 0 unspecified atom stereocenters. The third-order valence-electron chi connectivity index (χ3n) is 3.04. The van der Waals surface area contributed by atoms with E-state index in [-0.39, 0.29) is 0 Å². The van der Waals surface area contributed by atoms with Crippen molar-refractivity contribution in [1.82, 2.24) is 9.97 Å². The Labute approximate surface area is 123 Å². The van der Waals surface area contributed by atoms with Crippen LogP contribution in [0.4, 0.5) is 5.82 Å². The van der Waals surface area contributed by atoms with Crippen molar-refractivity contribution in [3.05, 3.63) is 41.2 Å². The summed E-state index contributed by atoms with van der Waals surface area (Å²) in [5, 5.41) is 3.86. The first-order valence-corrected chi connectivity index (χ1v) is 7.18. The number of halogens is 1. The molecular weight excluding hydrogens is 274 g/mol. The summed E-state index contributed by atoms with van der Waals surface area (Å²) in [4.78, 5) is 9.00. The van der Waals surface area contributed by atoms with Crippen LogP contribution >= 0.6 is 11.6 Å². The molecule has 1 aliphatic carbocycles. The molecule has 4 nitrogen and oxygen atoms in total. The van der Waals surface area contributed by atoms with Crippen LogP contribution in [0.25, 0.3) is 0 Å². The molecule has 1 aromatic carbocycles. The Morgan fingerprint density at radius 1 is 1.30 bits per heavy atom. The first-order valence-electron chi connectivity index (χ1n) is 6.81. The number of ether oxygens (including phenoxy) is 1. The van der Waals surface area contributed by atoms with E-state index in [0.29, 0.717) is 22.6 Å². The Kier molecular flexibility index (Phi) is 3.74. The van der Waals surface area contributed by atoms with Gasteiger partial charge in [-0.2, -0.15) is 4.98 Å². The number of nitrogens with one attached hydrogen (secondary N) is 1. The summed E-state index contributed by atoms with van der Waals surface area (Å²) in [6, 6.07) is 9.11. The van der Waals surface area contributed by atoms with Gasteiger partial charge in [-0.25, -0.2) is 4.98 Å². The molecule has 1 aliphatic rings. The van der Waals surface area contributed by atoms with Crippen LogP contribution in [0.1, 0.15) is 31.5 Å². The molecule has 1 saturated carbocycles. The maximum Gasteiger partial charge on any atom is 0.224 e. The summed E-state index contributed by atoms with van der Waals surface area (Å²) >= 11 is 5.96. The van der Waals surface area contributed by atoms with Crippen molar-refractivity contribution in [1.29, 1.82) is 0 Å². The molecule has 1 aromatic heterocycles. The first kappa shape index (κ1) is 13.2. The molecule has 0 radical (unpaired) electrons. The van der Waals surface area contributed by atoms with Gasteiger partial charge in [-0.05, 0) is 38.0 Å². The second-order valence-corrected chi connectivity index (χ2v) is 5.25. The van der Waals surface area contributed by atoms with Crippen molar-refractivity contribution < 1.29 is 4.74 Å². The molecule has 1 N–H and O–H groups in total. The van der Waals surface area contributed by atoms with Crippen molar-refractivity contribution in [2.24, 2.45) is 0 Å². The van der Waals surface area contributed by atoms with E-state index < -0.39 is 0 Å². The molecule has 1 heterocycles. The average Bonchev–Trinajstić information content (AvgIpc) is 3.23. The van der Waals surface area contributed by atoms with Crippen LogP contribution < -0.4 is 10.1 Å². The summed E-state index contributed by atoms with van der Waals surface area (Å²) in [6.45, 7) is 2.86. The summed E-state index contributed by atoms with van der Waals surface area (Å²) in [5.74, 6) is 3.39. The summed E-state index contributed by atoms with van der Waals surface area (Å²) in [5.41, 5.74) is 0. The fraction of sp³-hybridized carbons (Fsp3) is 0.333. The Hall–Kier alpha value is -1.81. The number of hydrogen-bond acceptors (Lipinski definition) is 4. The SMILES string of the molecule is CCNc1cc(Oc2cccc(Cl)c2)nc(C2CC2)n1. The highest BCUT2D eigenvalue weighted by atomic mass is 35.5. The average molecular weight is 290 g/mol. The molecule has 0 bridgehead atoms. The number of nitrogens with zero attached hydrogens (tertiary/aromatic N) is 2. The highest BCUT2D eigenvalue weighted by molar-refractivity contribution is 6.30. The van der Waals surface area contributed by atoms with Crippen molar-refractivity contribution in [2.45, 2.75) is 25.7 Å². The zero-order chi connectivity index (χ0) is 13.9. The number of benzene rings is 1. The quantitative estimate of drug-likeness (QED) is 0.895. The predicted molar refractivity (Wildman–Crippen MR) is 79.7 cm³/mol. The Balaban J connectivity index is 1.87. The van der Waals surface area contributed by atoms with E-state index in [2.05, 4.69) is 15.3 Å².